The molecule has 3 aliphatic heterocycles. The number of rotatable bonds is 4. The van der Waals surface area contributed by atoms with E-state index < -0.39 is 0 Å². The molecule has 3 aliphatic rings. The topological polar surface area (TPSA) is 70.9 Å². The van der Waals surface area contributed by atoms with Gasteiger partial charge in [-0.15, -0.1) is 0 Å². The van der Waals surface area contributed by atoms with Crippen LogP contribution in [0.3, 0.4) is 0 Å². The third-order valence-electron chi connectivity index (χ3n) is 7.00. The quantitative estimate of drug-likeness (QED) is 0.684. The number of ether oxygens (including phenoxy) is 1. The van der Waals surface area contributed by atoms with E-state index in [0.717, 1.165) is 45.9 Å². The van der Waals surface area contributed by atoms with Crippen LogP contribution in [0.5, 0.6) is 0 Å². The molecule has 0 aliphatic carbocycles. The van der Waals surface area contributed by atoms with Crippen LogP contribution in [0.25, 0.3) is 0 Å². The van der Waals surface area contributed by atoms with Crippen molar-refractivity contribution in [2.75, 3.05) is 57.4 Å². The molecule has 170 valence electrons. The molecule has 0 bridgehead atoms. The minimum atomic E-state index is -0.168. The summed E-state index contributed by atoms with van der Waals surface area (Å²) in [7, 11) is 0. The molecule has 0 spiro atoms. The van der Waals surface area contributed by atoms with Crippen LogP contribution < -0.4 is 4.90 Å². The zero-order valence-electron chi connectivity index (χ0n) is 18.9. The van der Waals surface area contributed by atoms with Gasteiger partial charge in [-0.2, -0.15) is 9.78 Å². The Balaban J connectivity index is 1.22. The Morgan fingerprint density at radius 1 is 1.06 bits per heavy atom. The van der Waals surface area contributed by atoms with Gasteiger partial charge in [-0.25, -0.2) is 4.79 Å². The lowest BCUT2D eigenvalue weighted by Crippen LogP contribution is -2.49. The van der Waals surface area contributed by atoms with Crippen LogP contribution >= 0.6 is 0 Å². The highest BCUT2D eigenvalue weighted by atomic mass is 16.5. The number of aryl methyl sites for hydroxylation is 1. The fraction of sp³-hybridized carbons (Fsp3) is 0.542. The van der Waals surface area contributed by atoms with Gasteiger partial charge in [0.15, 0.2) is 5.78 Å². The van der Waals surface area contributed by atoms with Crippen molar-refractivity contribution in [2.24, 2.45) is 11.8 Å². The Kier molecular flexibility index (Phi) is 5.73. The van der Waals surface area contributed by atoms with E-state index in [9.17, 15) is 9.59 Å². The largest absolute Gasteiger partial charge is 0.381 e. The molecule has 3 fully saturated rings. The van der Waals surface area contributed by atoms with Crippen molar-refractivity contribution in [3.63, 3.8) is 0 Å². The van der Waals surface area contributed by atoms with Crippen molar-refractivity contribution in [1.29, 1.82) is 0 Å². The van der Waals surface area contributed by atoms with E-state index in [2.05, 4.69) is 40.0 Å². The number of nitrogens with zero attached hydrogens (tertiary/aromatic N) is 5. The first-order valence-electron chi connectivity index (χ1n) is 11.5. The number of piperazine rings is 1. The number of carbonyl (C=O) groups is 2. The number of hydrogen-bond donors (Lipinski definition) is 0. The Morgan fingerprint density at radius 2 is 1.78 bits per heavy atom. The molecule has 0 radical (unpaired) electrons. The van der Waals surface area contributed by atoms with Gasteiger partial charge in [-0.05, 0) is 30.2 Å². The standard InChI is InChI=1S/C24H31N5O3/c1-17-3-4-19(23(11-17)28-13-20-15-32-16-21(20)14-28)12-26-7-9-27(10-8-26)24(31)29-6-5-22(25-29)18(2)30/h3-6,11,20-21H,7-10,12-16H2,1-2H3. The van der Waals surface area contributed by atoms with Crippen molar-refractivity contribution in [2.45, 2.75) is 20.4 Å². The summed E-state index contributed by atoms with van der Waals surface area (Å²) in [5.74, 6) is 1.18. The van der Waals surface area contributed by atoms with Crippen LogP contribution in [0.1, 0.15) is 28.5 Å². The maximum atomic E-state index is 12.7. The highest BCUT2D eigenvalue weighted by Gasteiger charge is 2.38. The molecule has 8 heteroatoms. The van der Waals surface area contributed by atoms with E-state index in [1.807, 2.05) is 4.90 Å². The number of ketones is 1. The number of amides is 1. The number of fused-ring (bicyclic) bond motifs is 1. The Bertz CT molecular complexity index is 999. The van der Waals surface area contributed by atoms with Gasteiger partial charge in [0.2, 0.25) is 0 Å². The second-order valence-corrected chi connectivity index (χ2v) is 9.34. The van der Waals surface area contributed by atoms with E-state index in [0.29, 0.717) is 30.6 Å². The molecule has 2 unspecified atom stereocenters. The number of benzene rings is 1. The average Bonchev–Trinajstić information content (AvgIpc) is 3.51. The Hall–Kier alpha value is -2.71. The third kappa shape index (κ3) is 4.17. The fourth-order valence-electron chi connectivity index (χ4n) is 5.09. The maximum Gasteiger partial charge on any atom is 0.344 e. The normalized spacial score (nSPS) is 23.6. The molecule has 2 atom stereocenters. The minimum Gasteiger partial charge on any atom is -0.381 e. The Labute approximate surface area is 188 Å². The predicted octanol–water partition coefficient (Wildman–Crippen LogP) is 2.26. The van der Waals surface area contributed by atoms with Gasteiger partial charge in [-0.1, -0.05) is 12.1 Å². The van der Waals surface area contributed by atoms with Crippen molar-refractivity contribution in [1.82, 2.24) is 19.6 Å². The minimum absolute atomic E-state index is 0.135. The van der Waals surface area contributed by atoms with Crippen LogP contribution in [0.4, 0.5) is 10.5 Å². The number of anilines is 1. The smallest absolute Gasteiger partial charge is 0.344 e. The van der Waals surface area contributed by atoms with Crippen LogP contribution in [-0.4, -0.2) is 83.9 Å². The number of aromatic nitrogens is 2. The number of hydrogen-bond acceptors (Lipinski definition) is 6. The van der Waals surface area contributed by atoms with E-state index in [-0.39, 0.29) is 11.8 Å². The monoisotopic (exact) mass is 437 g/mol. The van der Waals surface area contributed by atoms with E-state index in [1.54, 1.807) is 12.3 Å². The summed E-state index contributed by atoms with van der Waals surface area (Å²) in [5, 5.41) is 4.11. The molecule has 1 amide bonds. The summed E-state index contributed by atoms with van der Waals surface area (Å²) in [6.45, 7) is 11.4. The second-order valence-electron chi connectivity index (χ2n) is 9.34. The molecule has 32 heavy (non-hydrogen) atoms. The number of Topliss-reactive ketones (excluding diaryl/α,β-unsaturated/α-hetero) is 1. The molecule has 1 aromatic carbocycles. The molecule has 0 saturated carbocycles. The van der Waals surface area contributed by atoms with Crippen molar-refractivity contribution < 1.29 is 14.3 Å². The average molecular weight is 438 g/mol. The van der Waals surface area contributed by atoms with Gasteiger partial charge in [0.05, 0.1) is 13.2 Å². The lowest BCUT2D eigenvalue weighted by molar-refractivity contribution is 0.101. The second kappa shape index (κ2) is 8.67. The molecule has 2 aromatic rings. The lowest BCUT2D eigenvalue weighted by atomic mass is 10.0. The van der Waals surface area contributed by atoms with Crippen molar-refractivity contribution in [3.8, 4) is 0 Å². The summed E-state index contributed by atoms with van der Waals surface area (Å²) < 4.78 is 6.93. The molecule has 5 rings (SSSR count). The molecule has 4 heterocycles. The first kappa shape index (κ1) is 21.2. The molecule has 0 N–H and O–H groups in total. The van der Waals surface area contributed by atoms with Crippen molar-refractivity contribution in [3.05, 3.63) is 47.3 Å². The summed E-state index contributed by atoms with van der Waals surface area (Å²) in [6.07, 6.45) is 1.57. The van der Waals surface area contributed by atoms with Crippen LogP contribution in [0, 0.1) is 18.8 Å². The highest BCUT2D eigenvalue weighted by molar-refractivity contribution is 5.92. The molecule has 1 aromatic heterocycles. The van der Waals surface area contributed by atoms with E-state index >= 15 is 0 Å². The zero-order valence-corrected chi connectivity index (χ0v) is 18.9. The van der Waals surface area contributed by atoms with E-state index in [1.165, 1.54) is 28.4 Å². The molecular formula is C24H31N5O3. The predicted molar refractivity (Wildman–Crippen MR) is 121 cm³/mol. The van der Waals surface area contributed by atoms with Crippen LogP contribution in [0.2, 0.25) is 0 Å². The molecule has 8 nitrogen and oxygen atoms in total. The molecular weight excluding hydrogens is 406 g/mol. The van der Waals surface area contributed by atoms with Gasteiger partial charge in [0.1, 0.15) is 5.69 Å². The summed E-state index contributed by atoms with van der Waals surface area (Å²) in [6, 6.07) is 8.21. The Morgan fingerprint density at radius 3 is 2.44 bits per heavy atom. The van der Waals surface area contributed by atoms with Gasteiger partial charge in [0, 0.05) is 76.5 Å². The van der Waals surface area contributed by atoms with Crippen LogP contribution in [-0.2, 0) is 11.3 Å². The number of carbonyl (C=O) groups excluding carboxylic acids is 2. The summed E-state index contributed by atoms with van der Waals surface area (Å²) in [5.41, 5.74) is 4.32. The lowest BCUT2D eigenvalue weighted by Gasteiger charge is -2.35. The zero-order chi connectivity index (χ0) is 22.2. The fourth-order valence-corrected chi connectivity index (χ4v) is 5.09. The van der Waals surface area contributed by atoms with Crippen LogP contribution in [0.15, 0.2) is 30.5 Å². The first-order chi connectivity index (χ1) is 15.5. The highest BCUT2D eigenvalue weighted by Crippen LogP contribution is 2.35. The van der Waals surface area contributed by atoms with Gasteiger partial charge < -0.3 is 14.5 Å². The summed E-state index contributed by atoms with van der Waals surface area (Å²) in [4.78, 5) is 31.0. The van der Waals surface area contributed by atoms with Crippen molar-refractivity contribution >= 4 is 17.5 Å². The first-order valence-corrected chi connectivity index (χ1v) is 11.5. The van der Waals surface area contributed by atoms with Gasteiger partial charge in [-0.3, -0.25) is 9.69 Å². The maximum absolute atomic E-state index is 12.7. The summed E-state index contributed by atoms with van der Waals surface area (Å²) >= 11 is 0. The third-order valence-corrected chi connectivity index (χ3v) is 7.00. The van der Waals surface area contributed by atoms with E-state index in [4.69, 9.17) is 4.74 Å². The van der Waals surface area contributed by atoms with Gasteiger partial charge in [0.25, 0.3) is 0 Å². The van der Waals surface area contributed by atoms with Gasteiger partial charge >= 0.3 is 6.03 Å². The SMILES string of the molecule is CC(=O)c1ccn(C(=O)N2CCN(Cc3ccc(C)cc3N3CC4COCC4C3)CC2)n1. The molecule has 3 saturated heterocycles.